The monoisotopic (exact) mass is 419 g/mol. The molecule has 8 heteroatoms. The Balaban J connectivity index is 0.000000275. The van der Waals surface area contributed by atoms with Crippen LogP contribution in [0.25, 0.3) is 22.2 Å². The first kappa shape index (κ1) is 21.7. The second kappa shape index (κ2) is 9.67. The van der Waals surface area contributed by atoms with E-state index in [0.29, 0.717) is 23.4 Å². The van der Waals surface area contributed by atoms with E-state index in [9.17, 15) is 18.0 Å². The van der Waals surface area contributed by atoms with Gasteiger partial charge < -0.3 is 20.7 Å². The smallest absolute Gasteiger partial charge is 0.314 e. The van der Waals surface area contributed by atoms with E-state index in [1.165, 1.54) is 25.2 Å². The summed E-state index contributed by atoms with van der Waals surface area (Å²) in [6.07, 6.45) is 3.15. The predicted molar refractivity (Wildman–Crippen MR) is 110 cm³/mol. The molecule has 30 heavy (non-hydrogen) atoms. The largest absolute Gasteiger partial charge is 0.395 e. The summed E-state index contributed by atoms with van der Waals surface area (Å²) in [6, 6.07) is 8.09. The fraction of sp³-hybridized carbons (Fsp3) is 0.318. The number of amides is 2. The number of aliphatic hydroxyl groups excluding tert-OH is 1. The predicted octanol–water partition coefficient (Wildman–Crippen LogP) is 4.43. The van der Waals surface area contributed by atoms with E-state index < -0.39 is 11.6 Å². The normalized spacial score (nSPS) is 13.4. The van der Waals surface area contributed by atoms with E-state index >= 15 is 0 Å². The molecule has 0 radical (unpaired) electrons. The number of carbonyl (C=O) groups is 1. The number of H-pyrrole nitrogens is 1. The molecule has 0 saturated heterocycles. The zero-order valence-electron chi connectivity index (χ0n) is 16.6. The van der Waals surface area contributed by atoms with Gasteiger partial charge in [-0.1, -0.05) is 6.42 Å². The third-order valence-corrected chi connectivity index (χ3v) is 5.14. The zero-order chi connectivity index (χ0) is 21.7. The van der Waals surface area contributed by atoms with E-state index in [0.717, 1.165) is 42.1 Å². The Morgan fingerprint density at radius 3 is 2.40 bits per heavy atom. The molecule has 1 fully saturated rings. The minimum Gasteiger partial charge on any atom is -0.395 e. The molecule has 1 saturated carbocycles. The fourth-order valence-electron chi connectivity index (χ4n) is 3.46. The lowest BCUT2D eigenvalue weighted by atomic mass is 9.78. The Bertz CT molecular complexity index is 1010. The van der Waals surface area contributed by atoms with Gasteiger partial charge in [-0.25, -0.2) is 18.0 Å². The Hall–Kier alpha value is -3.00. The average molecular weight is 419 g/mol. The van der Waals surface area contributed by atoms with Crippen molar-refractivity contribution in [3.05, 3.63) is 59.4 Å². The standard InChI is InChI=1S/C18H14F3N.C4H10N2O2/c19-12-6-4-11(5-7-12)17-16(10-2-1-3-10)14-8-13(20)9-15(21)18(14)22-17;1-5-4(8)6-2-3-7/h4-10,22H,1-3H2;7H,2-3H2,1H3,(H2,5,6,8). The van der Waals surface area contributed by atoms with Gasteiger partial charge in [0.2, 0.25) is 0 Å². The lowest BCUT2D eigenvalue weighted by Crippen LogP contribution is -2.34. The molecule has 2 amide bonds. The van der Waals surface area contributed by atoms with Crippen LogP contribution in [0.1, 0.15) is 30.7 Å². The number of benzene rings is 2. The number of hydrogen-bond acceptors (Lipinski definition) is 2. The number of urea groups is 1. The lowest BCUT2D eigenvalue weighted by Gasteiger charge is -2.26. The number of carbonyl (C=O) groups excluding carboxylic acids is 1. The summed E-state index contributed by atoms with van der Waals surface area (Å²) >= 11 is 0. The lowest BCUT2D eigenvalue weighted by molar-refractivity contribution is 0.236. The fourth-order valence-corrected chi connectivity index (χ4v) is 3.46. The van der Waals surface area contributed by atoms with Crippen LogP contribution in [0.5, 0.6) is 0 Å². The van der Waals surface area contributed by atoms with Gasteiger partial charge in [0, 0.05) is 25.0 Å². The van der Waals surface area contributed by atoms with Gasteiger partial charge in [-0.3, -0.25) is 0 Å². The minimum atomic E-state index is -0.594. The van der Waals surface area contributed by atoms with E-state index in [2.05, 4.69) is 15.6 Å². The molecule has 0 spiro atoms. The maximum absolute atomic E-state index is 14.1. The van der Waals surface area contributed by atoms with Crippen molar-refractivity contribution in [2.24, 2.45) is 0 Å². The highest BCUT2D eigenvalue weighted by atomic mass is 19.1. The SMILES string of the molecule is CNC(=O)NCCO.Fc1ccc(-c2[nH]c3c(F)cc(F)cc3c2C2CCC2)cc1. The summed E-state index contributed by atoms with van der Waals surface area (Å²) in [5.41, 5.74) is 2.83. The number of aromatic amines is 1. The first-order valence-electron chi connectivity index (χ1n) is 9.77. The van der Waals surface area contributed by atoms with Crippen molar-refractivity contribution >= 4 is 16.9 Å². The van der Waals surface area contributed by atoms with Crippen molar-refractivity contribution in [1.29, 1.82) is 0 Å². The Kier molecular flexibility index (Phi) is 6.99. The Morgan fingerprint density at radius 2 is 1.83 bits per heavy atom. The molecule has 4 N–H and O–H groups in total. The summed E-state index contributed by atoms with van der Waals surface area (Å²) < 4.78 is 40.8. The van der Waals surface area contributed by atoms with Crippen LogP contribution in [0.3, 0.4) is 0 Å². The van der Waals surface area contributed by atoms with E-state index in [-0.39, 0.29) is 18.5 Å². The second-order valence-corrected chi connectivity index (χ2v) is 7.09. The molecule has 0 unspecified atom stereocenters. The number of halogens is 3. The van der Waals surface area contributed by atoms with Crippen LogP contribution >= 0.6 is 0 Å². The number of nitrogens with one attached hydrogen (secondary N) is 3. The number of hydrogen-bond donors (Lipinski definition) is 4. The molecule has 1 aliphatic carbocycles. The second-order valence-electron chi connectivity index (χ2n) is 7.09. The van der Waals surface area contributed by atoms with Gasteiger partial charge in [0.15, 0.2) is 0 Å². The first-order chi connectivity index (χ1) is 14.4. The van der Waals surface area contributed by atoms with E-state index in [1.54, 1.807) is 12.1 Å². The van der Waals surface area contributed by atoms with Crippen LogP contribution in [-0.4, -0.2) is 36.3 Å². The maximum Gasteiger partial charge on any atom is 0.314 e. The molecular formula is C22H24F3N3O2. The highest BCUT2D eigenvalue weighted by Crippen LogP contribution is 2.45. The Morgan fingerprint density at radius 1 is 1.13 bits per heavy atom. The average Bonchev–Trinajstić information content (AvgIpc) is 3.05. The summed E-state index contributed by atoms with van der Waals surface area (Å²) in [6.45, 7) is 0.285. The van der Waals surface area contributed by atoms with Gasteiger partial charge in [0.1, 0.15) is 17.5 Å². The summed E-state index contributed by atoms with van der Waals surface area (Å²) in [5, 5.41) is 13.5. The molecule has 0 atom stereocenters. The van der Waals surface area contributed by atoms with Crippen molar-refractivity contribution in [1.82, 2.24) is 15.6 Å². The summed E-state index contributed by atoms with van der Waals surface area (Å²) in [7, 11) is 1.52. The molecule has 160 valence electrons. The molecule has 5 nitrogen and oxygen atoms in total. The third kappa shape index (κ3) is 4.76. The van der Waals surface area contributed by atoms with Crippen LogP contribution in [0.4, 0.5) is 18.0 Å². The van der Waals surface area contributed by atoms with Gasteiger partial charge in [-0.05, 0) is 60.2 Å². The van der Waals surface area contributed by atoms with Gasteiger partial charge >= 0.3 is 6.03 Å². The van der Waals surface area contributed by atoms with Gasteiger partial charge in [0.25, 0.3) is 0 Å². The first-order valence-corrected chi connectivity index (χ1v) is 9.77. The van der Waals surface area contributed by atoms with Crippen LogP contribution in [0, 0.1) is 17.5 Å². The minimum absolute atomic E-state index is 0.0204. The molecule has 1 aromatic heterocycles. The maximum atomic E-state index is 14.1. The molecule has 1 aliphatic rings. The molecule has 0 aliphatic heterocycles. The number of aliphatic hydroxyl groups is 1. The molecule has 4 rings (SSSR count). The molecule has 1 heterocycles. The highest BCUT2D eigenvalue weighted by Gasteiger charge is 2.27. The third-order valence-electron chi connectivity index (χ3n) is 5.14. The number of aromatic nitrogens is 1. The van der Waals surface area contributed by atoms with Gasteiger partial charge in [0.05, 0.1) is 17.8 Å². The molecule has 2 aromatic carbocycles. The summed E-state index contributed by atoms with van der Waals surface area (Å²) in [5.74, 6) is -1.18. The molecule has 0 bridgehead atoms. The topological polar surface area (TPSA) is 77.2 Å². The molecular weight excluding hydrogens is 395 g/mol. The highest BCUT2D eigenvalue weighted by molar-refractivity contribution is 5.92. The van der Waals surface area contributed by atoms with Crippen LogP contribution < -0.4 is 10.6 Å². The van der Waals surface area contributed by atoms with E-state index in [1.807, 2.05) is 0 Å². The van der Waals surface area contributed by atoms with Crippen molar-refractivity contribution < 1.29 is 23.1 Å². The van der Waals surface area contributed by atoms with Crippen molar-refractivity contribution in [3.8, 4) is 11.3 Å². The molecule has 3 aromatic rings. The zero-order valence-corrected chi connectivity index (χ0v) is 16.6. The van der Waals surface area contributed by atoms with Gasteiger partial charge in [-0.2, -0.15) is 0 Å². The van der Waals surface area contributed by atoms with Crippen molar-refractivity contribution in [2.75, 3.05) is 20.2 Å². The summed E-state index contributed by atoms with van der Waals surface area (Å²) in [4.78, 5) is 13.3. The van der Waals surface area contributed by atoms with Crippen LogP contribution in [-0.2, 0) is 0 Å². The number of rotatable bonds is 4. The van der Waals surface area contributed by atoms with Crippen LogP contribution in [0.15, 0.2) is 36.4 Å². The van der Waals surface area contributed by atoms with Gasteiger partial charge in [-0.15, -0.1) is 0 Å². The van der Waals surface area contributed by atoms with Crippen molar-refractivity contribution in [2.45, 2.75) is 25.2 Å². The van der Waals surface area contributed by atoms with Crippen LogP contribution in [0.2, 0.25) is 0 Å². The van der Waals surface area contributed by atoms with Crippen molar-refractivity contribution in [3.63, 3.8) is 0 Å². The number of fused-ring (bicyclic) bond motifs is 1. The Labute approximate surface area is 172 Å². The van der Waals surface area contributed by atoms with E-state index in [4.69, 9.17) is 5.11 Å². The quantitative estimate of drug-likeness (QED) is 0.505.